The van der Waals surface area contributed by atoms with Crippen LogP contribution in [0.1, 0.15) is 37.3 Å². The van der Waals surface area contributed by atoms with Gasteiger partial charge in [-0.1, -0.05) is 42.1 Å². The van der Waals surface area contributed by atoms with Gasteiger partial charge in [0, 0.05) is 28.9 Å². The fourth-order valence-electron chi connectivity index (χ4n) is 4.48. The van der Waals surface area contributed by atoms with Crippen molar-refractivity contribution in [1.82, 2.24) is 14.5 Å². The molecule has 2 aromatic carbocycles. The Balaban J connectivity index is 1.49. The molecular formula is C24H22Cl2FN5OS. The first-order valence-electron chi connectivity index (χ1n) is 10.9. The molecular weight excluding hydrogens is 496 g/mol. The van der Waals surface area contributed by atoms with Gasteiger partial charge in [-0.2, -0.15) is 0 Å². The lowest BCUT2D eigenvalue weighted by molar-refractivity contribution is 0.532. The molecule has 0 amide bonds. The van der Waals surface area contributed by atoms with E-state index in [0.29, 0.717) is 32.7 Å². The summed E-state index contributed by atoms with van der Waals surface area (Å²) in [7, 11) is 0. The SMILES string of the molecule is Cc1cc([S+]([O-])Nc2ccc(-c3cn(C4CCCC4)c4ncnc(N)c34)cc2F)c(Cl)cc1Cl. The summed E-state index contributed by atoms with van der Waals surface area (Å²) in [5.41, 5.74) is 9.19. The van der Waals surface area contributed by atoms with Crippen LogP contribution in [0.5, 0.6) is 0 Å². The number of benzene rings is 2. The van der Waals surface area contributed by atoms with Gasteiger partial charge in [-0.15, -0.1) is 0 Å². The predicted molar refractivity (Wildman–Crippen MR) is 136 cm³/mol. The summed E-state index contributed by atoms with van der Waals surface area (Å²) in [4.78, 5) is 8.95. The molecule has 6 nitrogen and oxygen atoms in total. The van der Waals surface area contributed by atoms with Crippen molar-refractivity contribution in [1.29, 1.82) is 0 Å². The highest BCUT2D eigenvalue weighted by Crippen LogP contribution is 2.39. The van der Waals surface area contributed by atoms with E-state index in [1.54, 1.807) is 25.1 Å². The molecule has 5 rings (SSSR count). The van der Waals surface area contributed by atoms with Gasteiger partial charge in [0.2, 0.25) is 0 Å². The van der Waals surface area contributed by atoms with Crippen molar-refractivity contribution in [3.8, 4) is 11.1 Å². The summed E-state index contributed by atoms with van der Waals surface area (Å²) >= 11 is 10.5. The highest BCUT2D eigenvalue weighted by Gasteiger charge is 2.24. The van der Waals surface area contributed by atoms with Crippen molar-refractivity contribution in [2.24, 2.45) is 0 Å². The van der Waals surface area contributed by atoms with Crippen LogP contribution >= 0.6 is 23.2 Å². The maximum atomic E-state index is 15.1. The van der Waals surface area contributed by atoms with E-state index >= 15 is 4.39 Å². The van der Waals surface area contributed by atoms with Crippen LogP contribution in [0.25, 0.3) is 22.2 Å². The van der Waals surface area contributed by atoms with Gasteiger partial charge in [0.05, 0.1) is 10.4 Å². The molecule has 1 unspecified atom stereocenters. The molecule has 176 valence electrons. The van der Waals surface area contributed by atoms with Crippen molar-refractivity contribution in [3.05, 3.63) is 64.3 Å². The minimum Gasteiger partial charge on any atom is -0.588 e. The molecule has 0 radical (unpaired) electrons. The number of hydrogen-bond donors (Lipinski definition) is 2. The third kappa shape index (κ3) is 4.20. The molecule has 4 aromatic rings. The predicted octanol–water partition coefficient (Wildman–Crippen LogP) is 6.68. The number of rotatable bonds is 5. The third-order valence-electron chi connectivity index (χ3n) is 6.25. The number of nitrogen functional groups attached to an aromatic ring is 1. The highest BCUT2D eigenvalue weighted by molar-refractivity contribution is 7.92. The number of nitrogens with two attached hydrogens (primary N) is 1. The Bertz CT molecular complexity index is 1390. The van der Waals surface area contributed by atoms with Crippen LogP contribution in [0, 0.1) is 12.7 Å². The van der Waals surface area contributed by atoms with Crippen molar-refractivity contribution in [3.63, 3.8) is 0 Å². The molecule has 2 heterocycles. The third-order valence-corrected chi connectivity index (χ3v) is 8.23. The Hall–Kier alpha value is -2.52. The minimum absolute atomic E-state index is 0.0921. The summed E-state index contributed by atoms with van der Waals surface area (Å²) < 4.78 is 32.8. The second-order valence-corrected chi connectivity index (χ2v) is 10.4. The number of anilines is 2. The molecule has 1 aliphatic carbocycles. The lowest BCUT2D eigenvalue weighted by atomic mass is 10.1. The average molecular weight is 518 g/mol. The van der Waals surface area contributed by atoms with Gasteiger partial charge in [-0.3, -0.25) is 0 Å². The quantitative estimate of drug-likeness (QED) is 0.288. The normalized spacial score (nSPS) is 15.2. The Morgan fingerprint density at radius 2 is 1.91 bits per heavy atom. The first kappa shape index (κ1) is 23.2. The standard InChI is InChI=1S/C24H22Cl2FN5OS/c1-13-8-21(18(26)10-17(13)25)34(33)31-20-7-6-14(9-19(20)27)16-11-32(15-4-2-3-5-15)24-22(16)23(28)29-12-30-24/h6-12,15,31H,2-5H2,1H3,(H2,28,29,30). The second-order valence-electron chi connectivity index (χ2n) is 8.44. The van der Waals surface area contributed by atoms with E-state index in [2.05, 4.69) is 19.3 Å². The van der Waals surface area contributed by atoms with Gasteiger partial charge in [0.1, 0.15) is 34.8 Å². The van der Waals surface area contributed by atoms with Crippen molar-refractivity contribution in [2.75, 3.05) is 10.5 Å². The zero-order valence-corrected chi connectivity index (χ0v) is 20.6. The van der Waals surface area contributed by atoms with Crippen LogP contribution in [0.3, 0.4) is 0 Å². The Labute approximate surface area is 209 Å². The summed E-state index contributed by atoms with van der Waals surface area (Å²) in [6.07, 6.45) is 7.93. The minimum atomic E-state index is -1.77. The molecule has 0 aliphatic heterocycles. The lowest BCUT2D eigenvalue weighted by Gasteiger charge is -2.14. The number of nitrogens with zero attached hydrogens (tertiary/aromatic N) is 3. The molecule has 1 saturated carbocycles. The van der Waals surface area contributed by atoms with E-state index in [0.717, 1.165) is 29.6 Å². The number of nitrogens with one attached hydrogen (secondary N) is 1. The smallest absolute Gasteiger partial charge is 0.198 e. The number of hydrogen-bond acceptors (Lipinski definition) is 5. The molecule has 34 heavy (non-hydrogen) atoms. The maximum absolute atomic E-state index is 15.1. The van der Waals surface area contributed by atoms with Crippen LogP contribution in [-0.2, 0) is 11.4 Å². The monoisotopic (exact) mass is 517 g/mol. The van der Waals surface area contributed by atoms with E-state index in [1.807, 2.05) is 6.20 Å². The molecule has 0 saturated heterocycles. The van der Waals surface area contributed by atoms with Crippen molar-refractivity contribution in [2.45, 2.75) is 43.5 Å². The zero-order valence-electron chi connectivity index (χ0n) is 18.3. The number of fused-ring (bicyclic) bond motifs is 1. The average Bonchev–Trinajstić information content (AvgIpc) is 3.46. The fourth-order valence-corrected chi connectivity index (χ4v) is 6.07. The molecule has 1 fully saturated rings. The van der Waals surface area contributed by atoms with Crippen LogP contribution in [0.2, 0.25) is 10.0 Å². The Morgan fingerprint density at radius 3 is 2.65 bits per heavy atom. The van der Waals surface area contributed by atoms with E-state index in [4.69, 9.17) is 28.9 Å². The Morgan fingerprint density at radius 1 is 1.15 bits per heavy atom. The summed E-state index contributed by atoms with van der Waals surface area (Å²) in [5, 5.41) is 1.43. The van der Waals surface area contributed by atoms with Gasteiger partial charge in [-0.05, 0) is 49.1 Å². The van der Waals surface area contributed by atoms with Crippen LogP contribution in [0.4, 0.5) is 15.9 Å². The molecule has 3 N–H and O–H groups in total. The first-order valence-corrected chi connectivity index (χ1v) is 12.8. The summed E-state index contributed by atoms with van der Waals surface area (Å²) in [6, 6.07) is 8.20. The molecule has 1 atom stereocenters. The van der Waals surface area contributed by atoms with Gasteiger partial charge in [0.15, 0.2) is 10.7 Å². The van der Waals surface area contributed by atoms with Gasteiger partial charge in [-0.25, -0.2) is 19.1 Å². The van der Waals surface area contributed by atoms with Crippen LogP contribution in [0.15, 0.2) is 47.8 Å². The van der Waals surface area contributed by atoms with E-state index in [-0.39, 0.29) is 10.7 Å². The molecule has 1 aliphatic rings. The molecule has 0 bridgehead atoms. The van der Waals surface area contributed by atoms with Crippen molar-refractivity contribution < 1.29 is 8.94 Å². The lowest BCUT2D eigenvalue weighted by Crippen LogP contribution is -2.15. The largest absolute Gasteiger partial charge is 0.588 e. The maximum Gasteiger partial charge on any atom is 0.198 e. The zero-order chi connectivity index (χ0) is 24.0. The van der Waals surface area contributed by atoms with Gasteiger partial charge in [0.25, 0.3) is 0 Å². The fraction of sp³-hybridized carbons (Fsp3) is 0.250. The topological polar surface area (TPSA) is 91.8 Å². The summed E-state index contributed by atoms with van der Waals surface area (Å²) in [6.45, 7) is 1.78. The van der Waals surface area contributed by atoms with E-state index in [1.165, 1.54) is 31.3 Å². The van der Waals surface area contributed by atoms with Crippen molar-refractivity contribution >= 4 is 57.1 Å². The molecule has 2 aromatic heterocycles. The molecule has 10 heteroatoms. The van der Waals surface area contributed by atoms with Gasteiger partial charge < -0.3 is 14.9 Å². The number of halogens is 3. The second kappa shape index (κ2) is 9.26. The number of aromatic nitrogens is 3. The van der Waals surface area contributed by atoms with E-state index in [9.17, 15) is 4.55 Å². The highest BCUT2D eigenvalue weighted by atomic mass is 35.5. The van der Waals surface area contributed by atoms with Crippen LogP contribution in [-0.4, -0.2) is 19.1 Å². The van der Waals surface area contributed by atoms with Gasteiger partial charge >= 0.3 is 0 Å². The van der Waals surface area contributed by atoms with E-state index < -0.39 is 17.2 Å². The Kier molecular flexibility index (Phi) is 6.33. The molecule has 0 spiro atoms. The summed E-state index contributed by atoms with van der Waals surface area (Å²) in [5.74, 6) is -0.196. The number of aryl methyl sites for hydroxylation is 1. The first-order chi connectivity index (χ1) is 16.3. The van der Waals surface area contributed by atoms with Crippen LogP contribution < -0.4 is 10.5 Å².